The number of nitriles is 1. The molecule has 58 heavy (non-hydrogen) atoms. The minimum Gasteiger partial charge on any atom is -0.467 e. The third kappa shape index (κ3) is 13.5. The zero-order valence-electron chi connectivity index (χ0n) is 33.6. The SMILES string of the molecule is COC(=O)[C@H](Cc1cccc2ccccc12)NC(=O)[C@H](CC(=O)OC(C)(C)C)NC(=O)c1cccc(NC(=O)C(Cc2ccc(C#N)cc2)NC(=O)OC(C)(C)C)c1. The second-order valence-corrected chi connectivity index (χ2v) is 15.5. The number of amides is 4. The van der Waals surface area contributed by atoms with Gasteiger partial charge in [-0.05, 0) is 93.8 Å². The zero-order chi connectivity index (χ0) is 42.6. The number of carbonyl (C=O) groups excluding carboxylic acids is 6. The third-order valence-corrected chi connectivity index (χ3v) is 8.44. The maximum absolute atomic E-state index is 13.9. The summed E-state index contributed by atoms with van der Waals surface area (Å²) in [5, 5.41) is 21.5. The Bertz CT molecular complexity index is 2180. The Labute approximate surface area is 337 Å². The van der Waals surface area contributed by atoms with Crippen LogP contribution >= 0.6 is 0 Å². The quantitative estimate of drug-likeness (QED) is 0.0931. The van der Waals surface area contributed by atoms with E-state index in [0.717, 1.165) is 16.3 Å². The number of methoxy groups -OCH3 is 1. The van der Waals surface area contributed by atoms with E-state index in [1.165, 1.54) is 31.4 Å². The molecule has 0 aliphatic heterocycles. The molecule has 0 fully saturated rings. The van der Waals surface area contributed by atoms with Crippen LogP contribution < -0.4 is 21.3 Å². The molecule has 0 aliphatic rings. The standard InChI is InChI=1S/C44H49N5O9/c1-43(2,3)57-37(50)25-35(40(53)48-36(41(54)56-7)24-30-14-10-13-29-12-8-9-17-33(29)30)47-38(51)31-15-11-16-32(23-31)46-39(52)34(49-42(55)58-44(4,5)6)22-27-18-20-28(26-45)21-19-27/h8-21,23,34-36H,22,24-25H2,1-7H3,(H,46,52)(H,47,51)(H,48,53)(H,49,55)/t34?,35-,36-/m0/s1. The van der Waals surface area contributed by atoms with Crippen LogP contribution in [0.2, 0.25) is 0 Å². The molecule has 4 aromatic carbocycles. The molecule has 4 N–H and O–H groups in total. The molecule has 1 unspecified atom stereocenters. The Morgan fingerprint density at radius 2 is 1.34 bits per heavy atom. The lowest BCUT2D eigenvalue weighted by molar-refractivity contribution is -0.156. The van der Waals surface area contributed by atoms with Gasteiger partial charge in [-0.2, -0.15) is 5.26 Å². The van der Waals surface area contributed by atoms with Gasteiger partial charge in [0.2, 0.25) is 11.8 Å². The molecule has 0 aromatic heterocycles. The number of carbonyl (C=O) groups is 6. The number of hydrogen-bond acceptors (Lipinski definition) is 10. The molecule has 0 spiro atoms. The van der Waals surface area contributed by atoms with Crippen LogP contribution in [-0.4, -0.2) is 72.2 Å². The van der Waals surface area contributed by atoms with Crippen molar-refractivity contribution in [1.29, 1.82) is 5.26 Å². The number of alkyl carbamates (subject to hydrolysis) is 1. The highest BCUT2D eigenvalue weighted by atomic mass is 16.6. The van der Waals surface area contributed by atoms with Crippen LogP contribution in [0, 0.1) is 11.3 Å². The number of nitrogens with one attached hydrogen (secondary N) is 4. The summed E-state index contributed by atoms with van der Waals surface area (Å²) < 4.78 is 15.8. The lowest BCUT2D eigenvalue weighted by Gasteiger charge is -2.24. The van der Waals surface area contributed by atoms with Crippen LogP contribution in [0.4, 0.5) is 10.5 Å². The smallest absolute Gasteiger partial charge is 0.408 e. The molecule has 14 heteroatoms. The van der Waals surface area contributed by atoms with Crippen molar-refractivity contribution in [3.8, 4) is 6.07 Å². The Morgan fingerprint density at radius 3 is 2.00 bits per heavy atom. The fraction of sp³-hybridized carbons (Fsp3) is 0.341. The Hall–Kier alpha value is -6.75. The van der Waals surface area contributed by atoms with E-state index in [0.29, 0.717) is 11.1 Å². The zero-order valence-corrected chi connectivity index (χ0v) is 33.6. The topological polar surface area (TPSA) is 202 Å². The largest absolute Gasteiger partial charge is 0.467 e. The van der Waals surface area contributed by atoms with E-state index in [4.69, 9.17) is 14.2 Å². The molecule has 4 rings (SSSR count). The Morgan fingerprint density at radius 1 is 0.690 bits per heavy atom. The molecule has 0 heterocycles. The first-order valence-corrected chi connectivity index (χ1v) is 18.6. The molecular formula is C44H49N5O9. The number of hydrogen-bond donors (Lipinski definition) is 4. The Kier molecular flexibility index (Phi) is 14.7. The maximum Gasteiger partial charge on any atom is 0.408 e. The van der Waals surface area contributed by atoms with Crippen molar-refractivity contribution in [3.05, 3.63) is 113 Å². The molecular weight excluding hydrogens is 743 g/mol. The summed E-state index contributed by atoms with van der Waals surface area (Å²) in [7, 11) is 1.19. The number of fused-ring (bicyclic) bond motifs is 1. The summed E-state index contributed by atoms with van der Waals surface area (Å²) in [4.78, 5) is 80.0. The van der Waals surface area contributed by atoms with Crippen LogP contribution in [0.5, 0.6) is 0 Å². The third-order valence-electron chi connectivity index (χ3n) is 8.44. The molecule has 304 valence electrons. The summed E-state index contributed by atoms with van der Waals surface area (Å²) in [6.07, 6.45) is -1.29. The van der Waals surface area contributed by atoms with Gasteiger partial charge in [0.05, 0.1) is 25.2 Å². The molecule has 14 nitrogen and oxygen atoms in total. The fourth-order valence-corrected chi connectivity index (χ4v) is 5.88. The summed E-state index contributed by atoms with van der Waals surface area (Å²) in [6, 6.07) is 23.8. The van der Waals surface area contributed by atoms with Crippen LogP contribution in [0.25, 0.3) is 10.8 Å². The molecule has 0 saturated heterocycles. The lowest BCUT2D eigenvalue weighted by atomic mass is 9.98. The Balaban J connectivity index is 1.55. The van der Waals surface area contributed by atoms with Crippen molar-refractivity contribution >= 4 is 52.2 Å². The molecule has 0 radical (unpaired) electrons. The normalized spacial score (nSPS) is 12.8. The van der Waals surface area contributed by atoms with Crippen molar-refractivity contribution in [2.24, 2.45) is 0 Å². The van der Waals surface area contributed by atoms with Crippen LogP contribution in [0.15, 0.2) is 91.0 Å². The van der Waals surface area contributed by atoms with Gasteiger partial charge in [-0.15, -0.1) is 0 Å². The van der Waals surface area contributed by atoms with E-state index in [1.54, 1.807) is 65.8 Å². The van der Waals surface area contributed by atoms with E-state index < -0.39 is 71.5 Å². The second kappa shape index (κ2) is 19.4. The number of anilines is 1. The van der Waals surface area contributed by atoms with Crippen LogP contribution in [0.1, 0.15) is 75.0 Å². The van der Waals surface area contributed by atoms with Crippen molar-refractivity contribution in [3.63, 3.8) is 0 Å². The minimum absolute atomic E-state index is 0.0174. The van der Waals surface area contributed by atoms with E-state index in [9.17, 15) is 34.0 Å². The number of rotatable bonds is 14. The number of esters is 2. The van der Waals surface area contributed by atoms with E-state index >= 15 is 0 Å². The number of benzene rings is 4. The van der Waals surface area contributed by atoms with Crippen molar-refractivity contribution in [1.82, 2.24) is 16.0 Å². The highest BCUT2D eigenvalue weighted by Gasteiger charge is 2.32. The number of nitrogens with zero attached hydrogens (tertiary/aromatic N) is 1. The van der Waals surface area contributed by atoms with Gasteiger partial charge in [-0.1, -0.05) is 60.7 Å². The molecule has 0 aliphatic carbocycles. The first kappa shape index (κ1) is 44.0. The van der Waals surface area contributed by atoms with Gasteiger partial charge in [0.15, 0.2) is 0 Å². The summed E-state index contributed by atoms with van der Waals surface area (Å²) in [5.41, 5.74) is 0.316. The average Bonchev–Trinajstić information content (AvgIpc) is 3.15. The molecule has 0 saturated carbocycles. The van der Waals surface area contributed by atoms with Crippen molar-refractivity contribution < 1.29 is 43.0 Å². The van der Waals surface area contributed by atoms with Crippen molar-refractivity contribution in [2.75, 3.05) is 12.4 Å². The van der Waals surface area contributed by atoms with Gasteiger partial charge < -0.3 is 35.5 Å². The van der Waals surface area contributed by atoms with Crippen molar-refractivity contribution in [2.45, 2.75) is 90.1 Å². The molecule has 3 atom stereocenters. The first-order valence-electron chi connectivity index (χ1n) is 18.6. The monoisotopic (exact) mass is 791 g/mol. The highest BCUT2D eigenvalue weighted by molar-refractivity contribution is 6.02. The van der Waals surface area contributed by atoms with Gasteiger partial charge in [0.25, 0.3) is 5.91 Å². The second-order valence-electron chi connectivity index (χ2n) is 15.5. The van der Waals surface area contributed by atoms with Crippen LogP contribution in [-0.2, 0) is 46.2 Å². The molecule has 0 bridgehead atoms. The van der Waals surface area contributed by atoms with E-state index in [1.807, 2.05) is 48.5 Å². The average molecular weight is 792 g/mol. The predicted octanol–water partition coefficient (Wildman–Crippen LogP) is 5.52. The summed E-state index contributed by atoms with van der Waals surface area (Å²) in [6.45, 7) is 10.0. The number of ether oxygens (including phenoxy) is 3. The predicted molar refractivity (Wildman–Crippen MR) is 216 cm³/mol. The lowest BCUT2D eigenvalue weighted by Crippen LogP contribution is -2.53. The summed E-state index contributed by atoms with van der Waals surface area (Å²) >= 11 is 0. The first-order chi connectivity index (χ1) is 27.3. The van der Waals surface area contributed by atoms with Gasteiger partial charge in [-0.25, -0.2) is 9.59 Å². The molecule has 4 amide bonds. The van der Waals surface area contributed by atoms with Crippen LogP contribution in [0.3, 0.4) is 0 Å². The summed E-state index contributed by atoms with van der Waals surface area (Å²) in [5.74, 6) is -3.74. The van der Waals surface area contributed by atoms with E-state index in [-0.39, 0.29) is 24.1 Å². The van der Waals surface area contributed by atoms with Gasteiger partial charge in [0.1, 0.15) is 29.3 Å². The fourth-order valence-electron chi connectivity index (χ4n) is 5.88. The van der Waals surface area contributed by atoms with E-state index in [2.05, 4.69) is 21.3 Å². The highest BCUT2D eigenvalue weighted by Crippen LogP contribution is 2.21. The van der Waals surface area contributed by atoms with Gasteiger partial charge in [-0.3, -0.25) is 19.2 Å². The molecule has 4 aromatic rings. The van der Waals surface area contributed by atoms with Gasteiger partial charge >= 0.3 is 18.0 Å². The van der Waals surface area contributed by atoms with Gasteiger partial charge in [0, 0.05) is 24.1 Å². The minimum atomic E-state index is -1.49. The maximum atomic E-state index is 13.9.